The molecule has 0 spiro atoms. The van der Waals surface area contributed by atoms with Crippen molar-refractivity contribution in [3.63, 3.8) is 0 Å². The Bertz CT molecular complexity index is 697. The van der Waals surface area contributed by atoms with Crippen LogP contribution in [0.25, 0.3) is 0 Å². The molecule has 3 rings (SSSR count). The minimum absolute atomic E-state index is 0.0962. The van der Waals surface area contributed by atoms with E-state index in [4.69, 9.17) is 16.7 Å². The lowest BCUT2D eigenvalue weighted by Crippen LogP contribution is -2.25. The third-order valence-electron chi connectivity index (χ3n) is 3.30. The lowest BCUT2D eigenvalue weighted by molar-refractivity contribution is 0.508. The van der Waals surface area contributed by atoms with Gasteiger partial charge in [-0.1, -0.05) is 56.3 Å². The molecule has 0 unspecified atom stereocenters. The van der Waals surface area contributed by atoms with Gasteiger partial charge in [-0.2, -0.15) is 9.78 Å². The summed E-state index contributed by atoms with van der Waals surface area (Å²) in [5.41, 5.74) is 2.01. The fraction of sp³-hybridized carbons (Fsp3) is 0.400. The van der Waals surface area contributed by atoms with E-state index in [0.29, 0.717) is 0 Å². The summed E-state index contributed by atoms with van der Waals surface area (Å²) in [6.07, 6.45) is 0. The fourth-order valence-electron chi connectivity index (χ4n) is 2.21. The van der Waals surface area contributed by atoms with Gasteiger partial charge in [-0.25, -0.2) is 0 Å². The SMILES string of the molecule is C[C@H]1Sc2nnc(C(C)(C)C)n2N=C1c1ccc(Cl)cc1. The number of hydrogen-bond acceptors (Lipinski definition) is 4. The molecular formula is C15H17ClN4S. The van der Waals surface area contributed by atoms with E-state index in [1.807, 2.05) is 28.9 Å². The van der Waals surface area contributed by atoms with Gasteiger partial charge in [0.2, 0.25) is 5.16 Å². The lowest BCUT2D eigenvalue weighted by atomic mass is 9.96. The molecule has 0 bridgehead atoms. The van der Waals surface area contributed by atoms with Crippen LogP contribution in [0.3, 0.4) is 0 Å². The monoisotopic (exact) mass is 320 g/mol. The van der Waals surface area contributed by atoms with Crippen LogP contribution in [-0.4, -0.2) is 25.8 Å². The molecule has 21 heavy (non-hydrogen) atoms. The van der Waals surface area contributed by atoms with Crippen LogP contribution >= 0.6 is 23.4 Å². The first-order valence-electron chi connectivity index (χ1n) is 6.83. The van der Waals surface area contributed by atoms with Crippen LogP contribution in [0, 0.1) is 0 Å². The molecule has 4 nitrogen and oxygen atoms in total. The zero-order valence-electron chi connectivity index (χ0n) is 12.5. The molecule has 1 aromatic heterocycles. The zero-order chi connectivity index (χ0) is 15.2. The van der Waals surface area contributed by atoms with Gasteiger partial charge in [0.1, 0.15) is 0 Å². The number of fused-ring (bicyclic) bond motifs is 1. The summed E-state index contributed by atoms with van der Waals surface area (Å²) in [5.74, 6) is 0.878. The van der Waals surface area contributed by atoms with E-state index in [-0.39, 0.29) is 10.7 Å². The number of thioether (sulfide) groups is 1. The summed E-state index contributed by atoms with van der Waals surface area (Å²) in [7, 11) is 0. The predicted octanol–water partition coefficient (Wildman–Crippen LogP) is 3.98. The smallest absolute Gasteiger partial charge is 0.191 e. The summed E-state index contributed by atoms with van der Waals surface area (Å²) >= 11 is 7.65. The number of aromatic nitrogens is 3. The van der Waals surface area contributed by atoms with Crippen LogP contribution in [-0.2, 0) is 5.41 Å². The highest BCUT2D eigenvalue weighted by molar-refractivity contribution is 8.00. The molecule has 1 aromatic carbocycles. The minimum Gasteiger partial charge on any atom is -0.191 e. The Morgan fingerprint density at radius 2 is 1.81 bits per heavy atom. The van der Waals surface area contributed by atoms with Crippen molar-refractivity contribution >= 4 is 29.1 Å². The van der Waals surface area contributed by atoms with Gasteiger partial charge in [0.15, 0.2) is 5.82 Å². The fourth-order valence-corrected chi connectivity index (χ4v) is 3.27. The Balaban J connectivity index is 2.10. The van der Waals surface area contributed by atoms with Crippen molar-refractivity contribution < 1.29 is 0 Å². The predicted molar refractivity (Wildman–Crippen MR) is 87.4 cm³/mol. The number of hydrogen-bond donors (Lipinski definition) is 0. The van der Waals surface area contributed by atoms with Crippen molar-refractivity contribution in [2.45, 2.75) is 43.5 Å². The normalized spacial score (nSPS) is 18.3. The molecule has 0 fully saturated rings. The molecule has 6 heteroatoms. The largest absolute Gasteiger partial charge is 0.212 e. The quantitative estimate of drug-likeness (QED) is 0.798. The van der Waals surface area contributed by atoms with Crippen molar-refractivity contribution in [2.75, 3.05) is 0 Å². The van der Waals surface area contributed by atoms with Crippen LogP contribution in [0.5, 0.6) is 0 Å². The number of benzene rings is 1. The van der Waals surface area contributed by atoms with Gasteiger partial charge in [-0.05, 0) is 24.6 Å². The van der Waals surface area contributed by atoms with Crippen LogP contribution in [0.2, 0.25) is 5.02 Å². The van der Waals surface area contributed by atoms with Crippen molar-refractivity contribution in [1.82, 2.24) is 14.9 Å². The van der Waals surface area contributed by atoms with Gasteiger partial charge < -0.3 is 0 Å². The molecule has 0 radical (unpaired) electrons. The summed E-state index contributed by atoms with van der Waals surface area (Å²) in [6, 6.07) is 7.79. The standard InChI is InChI=1S/C15H17ClN4S/c1-9-12(10-5-7-11(16)8-6-10)19-20-13(15(2,3)4)17-18-14(20)21-9/h5-9H,1-4H3/t9-/m1/s1. The average molecular weight is 321 g/mol. The topological polar surface area (TPSA) is 43.1 Å². The Hall–Kier alpha value is -1.33. The molecule has 2 aromatic rings. The maximum absolute atomic E-state index is 5.97. The molecule has 110 valence electrons. The van der Waals surface area contributed by atoms with Gasteiger partial charge in [-0.3, -0.25) is 0 Å². The highest BCUT2D eigenvalue weighted by atomic mass is 35.5. The zero-order valence-corrected chi connectivity index (χ0v) is 14.0. The van der Waals surface area contributed by atoms with E-state index in [2.05, 4.69) is 37.9 Å². The summed E-state index contributed by atoms with van der Waals surface area (Å²) in [6.45, 7) is 8.48. The lowest BCUT2D eigenvalue weighted by Gasteiger charge is -2.23. The van der Waals surface area contributed by atoms with Crippen LogP contribution in [0.1, 0.15) is 39.1 Å². The van der Waals surface area contributed by atoms with E-state index in [9.17, 15) is 0 Å². The van der Waals surface area contributed by atoms with Gasteiger partial charge in [0.05, 0.1) is 11.0 Å². The van der Waals surface area contributed by atoms with Gasteiger partial charge in [0, 0.05) is 10.4 Å². The average Bonchev–Trinajstić information content (AvgIpc) is 2.81. The van der Waals surface area contributed by atoms with Crippen molar-refractivity contribution in [2.24, 2.45) is 5.10 Å². The third kappa shape index (κ3) is 2.72. The molecule has 0 saturated heterocycles. The maximum atomic E-state index is 5.97. The van der Waals surface area contributed by atoms with E-state index in [1.165, 1.54) is 0 Å². The highest BCUT2D eigenvalue weighted by Gasteiger charge is 2.30. The number of halogens is 1. The van der Waals surface area contributed by atoms with E-state index < -0.39 is 0 Å². The second kappa shape index (κ2) is 5.14. The first-order chi connectivity index (χ1) is 9.86. The second-order valence-electron chi connectivity index (χ2n) is 6.12. The first-order valence-corrected chi connectivity index (χ1v) is 8.09. The van der Waals surface area contributed by atoms with Crippen molar-refractivity contribution in [1.29, 1.82) is 0 Å². The Labute approximate surface area is 133 Å². The molecule has 2 heterocycles. The number of rotatable bonds is 1. The summed E-state index contributed by atoms with van der Waals surface area (Å²) in [4.78, 5) is 0. The van der Waals surface area contributed by atoms with Gasteiger partial charge >= 0.3 is 0 Å². The highest BCUT2D eigenvalue weighted by Crippen LogP contribution is 2.33. The van der Waals surface area contributed by atoms with Crippen LogP contribution < -0.4 is 0 Å². The van der Waals surface area contributed by atoms with Gasteiger partial charge in [-0.15, -0.1) is 10.2 Å². The Morgan fingerprint density at radius 3 is 2.43 bits per heavy atom. The molecule has 1 atom stereocenters. The maximum Gasteiger partial charge on any atom is 0.212 e. The Kier molecular flexibility index (Phi) is 3.58. The summed E-state index contributed by atoms with van der Waals surface area (Å²) in [5, 5.41) is 15.2. The van der Waals surface area contributed by atoms with Crippen LogP contribution in [0.4, 0.5) is 0 Å². The van der Waals surface area contributed by atoms with Crippen LogP contribution in [0.15, 0.2) is 34.5 Å². The molecule has 1 aliphatic rings. The molecule has 0 N–H and O–H groups in total. The van der Waals surface area contributed by atoms with E-state index >= 15 is 0 Å². The van der Waals surface area contributed by atoms with E-state index in [1.54, 1.807) is 11.8 Å². The molecule has 0 saturated carbocycles. The van der Waals surface area contributed by atoms with E-state index in [0.717, 1.165) is 27.3 Å². The summed E-state index contributed by atoms with van der Waals surface area (Å²) < 4.78 is 1.87. The first kappa shape index (κ1) is 14.6. The van der Waals surface area contributed by atoms with Crippen molar-refractivity contribution in [3.8, 4) is 0 Å². The molecular weight excluding hydrogens is 304 g/mol. The second-order valence-corrected chi connectivity index (χ2v) is 7.86. The third-order valence-corrected chi connectivity index (χ3v) is 4.59. The Morgan fingerprint density at radius 1 is 1.14 bits per heavy atom. The van der Waals surface area contributed by atoms with Gasteiger partial charge in [0.25, 0.3) is 0 Å². The number of nitrogens with zero attached hydrogens (tertiary/aromatic N) is 4. The molecule has 0 amide bonds. The molecule has 1 aliphatic heterocycles. The van der Waals surface area contributed by atoms with Crippen molar-refractivity contribution in [3.05, 3.63) is 40.7 Å². The molecule has 0 aliphatic carbocycles. The minimum atomic E-state index is -0.0962.